The lowest BCUT2D eigenvalue weighted by Gasteiger charge is -2.21. The number of aryl methyl sites for hydroxylation is 2. The number of carbonyl (C=O) groups excluding carboxylic acids is 1. The van der Waals surface area contributed by atoms with Gasteiger partial charge in [-0.05, 0) is 82.4 Å². The molecule has 0 saturated carbocycles. The van der Waals surface area contributed by atoms with Gasteiger partial charge in [-0.1, -0.05) is 29.0 Å². The van der Waals surface area contributed by atoms with Gasteiger partial charge >= 0.3 is 0 Å². The fourth-order valence-corrected chi connectivity index (χ4v) is 4.92. The van der Waals surface area contributed by atoms with Crippen LogP contribution in [0, 0.1) is 13.8 Å². The van der Waals surface area contributed by atoms with Gasteiger partial charge in [0.25, 0.3) is 0 Å². The first-order valence-corrected chi connectivity index (χ1v) is 11.7. The van der Waals surface area contributed by atoms with Crippen LogP contribution in [-0.2, 0) is 4.79 Å². The van der Waals surface area contributed by atoms with Gasteiger partial charge < -0.3 is 4.90 Å². The third-order valence-electron chi connectivity index (χ3n) is 4.77. The minimum absolute atomic E-state index is 0.0807. The number of halogens is 1. The number of amides is 1. The SMILES string of the molecule is Cc1ccc2sc(N(CCCN(C)C)C(=O)CSc3ccc(Cl)cc3)nc2c1C. The molecule has 0 aliphatic heterocycles. The van der Waals surface area contributed by atoms with E-state index in [1.807, 2.05) is 43.3 Å². The summed E-state index contributed by atoms with van der Waals surface area (Å²) in [6, 6.07) is 11.8. The Balaban J connectivity index is 1.80. The Hall–Kier alpha value is -1.60. The third kappa shape index (κ3) is 5.72. The Morgan fingerprint density at radius 2 is 1.83 bits per heavy atom. The maximum Gasteiger partial charge on any atom is 0.239 e. The van der Waals surface area contributed by atoms with Crippen LogP contribution in [0.4, 0.5) is 5.13 Å². The number of carbonyl (C=O) groups is 1. The molecule has 1 amide bonds. The predicted molar refractivity (Wildman–Crippen MR) is 127 cm³/mol. The maximum atomic E-state index is 13.1. The Kier molecular flexibility index (Phi) is 7.57. The number of benzene rings is 2. The molecule has 0 atom stereocenters. The first kappa shape index (κ1) is 22.1. The van der Waals surface area contributed by atoms with Crippen molar-refractivity contribution in [1.29, 1.82) is 0 Å². The van der Waals surface area contributed by atoms with Crippen molar-refractivity contribution in [3.05, 3.63) is 52.5 Å². The van der Waals surface area contributed by atoms with Crippen molar-refractivity contribution in [2.75, 3.05) is 37.8 Å². The van der Waals surface area contributed by atoms with E-state index in [4.69, 9.17) is 16.6 Å². The van der Waals surface area contributed by atoms with E-state index in [2.05, 4.69) is 30.9 Å². The molecule has 0 spiro atoms. The molecule has 154 valence electrons. The molecule has 29 heavy (non-hydrogen) atoms. The van der Waals surface area contributed by atoms with Crippen LogP contribution in [0.25, 0.3) is 10.2 Å². The molecular weight excluding hydrogens is 422 g/mol. The van der Waals surface area contributed by atoms with E-state index in [0.717, 1.165) is 33.2 Å². The van der Waals surface area contributed by atoms with Crippen molar-refractivity contribution in [1.82, 2.24) is 9.88 Å². The molecule has 1 aromatic heterocycles. The highest BCUT2D eigenvalue weighted by Gasteiger charge is 2.20. The summed E-state index contributed by atoms with van der Waals surface area (Å²) in [7, 11) is 4.10. The second-order valence-corrected chi connectivity index (χ2v) is 9.79. The minimum Gasteiger partial charge on any atom is -0.309 e. The average Bonchev–Trinajstić information content (AvgIpc) is 3.12. The Morgan fingerprint density at radius 3 is 2.52 bits per heavy atom. The van der Waals surface area contributed by atoms with Crippen LogP contribution < -0.4 is 4.90 Å². The van der Waals surface area contributed by atoms with E-state index in [1.54, 1.807) is 11.3 Å². The van der Waals surface area contributed by atoms with Gasteiger partial charge in [0.05, 0.1) is 16.0 Å². The lowest BCUT2D eigenvalue weighted by Crippen LogP contribution is -2.34. The Labute approximate surface area is 185 Å². The molecule has 0 N–H and O–H groups in total. The van der Waals surface area contributed by atoms with Gasteiger partial charge in [0, 0.05) is 16.5 Å². The molecule has 0 bridgehead atoms. The summed E-state index contributed by atoms with van der Waals surface area (Å²) in [6.45, 7) is 5.78. The van der Waals surface area contributed by atoms with Gasteiger partial charge in [-0.2, -0.15) is 0 Å². The van der Waals surface area contributed by atoms with Crippen molar-refractivity contribution in [2.45, 2.75) is 25.2 Å². The fraction of sp³-hybridized carbons (Fsp3) is 0.364. The van der Waals surface area contributed by atoms with E-state index in [-0.39, 0.29) is 5.91 Å². The van der Waals surface area contributed by atoms with E-state index in [1.165, 1.54) is 22.9 Å². The van der Waals surface area contributed by atoms with Gasteiger partial charge in [0.1, 0.15) is 0 Å². The van der Waals surface area contributed by atoms with Gasteiger partial charge in [-0.3, -0.25) is 9.69 Å². The summed E-state index contributed by atoms with van der Waals surface area (Å²) in [5, 5.41) is 1.49. The number of fused-ring (bicyclic) bond motifs is 1. The van der Waals surface area contributed by atoms with Crippen molar-refractivity contribution in [3.8, 4) is 0 Å². The third-order valence-corrected chi connectivity index (χ3v) is 7.06. The molecule has 3 rings (SSSR count). The maximum absolute atomic E-state index is 13.1. The van der Waals surface area contributed by atoms with Crippen LogP contribution in [0.3, 0.4) is 0 Å². The summed E-state index contributed by atoms with van der Waals surface area (Å²) >= 11 is 9.08. The molecule has 0 fully saturated rings. The molecule has 7 heteroatoms. The van der Waals surface area contributed by atoms with Gasteiger partial charge in [-0.15, -0.1) is 11.8 Å². The number of hydrogen-bond donors (Lipinski definition) is 0. The van der Waals surface area contributed by atoms with E-state index in [9.17, 15) is 4.79 Å². The standard InChI is InChI=1S/C22H26ClN3OS2/c1-15-6-11-19-21(16(15)2)24-22(29-19)26(13-5-12-25(3)4)20(27)14-28-18-9-7-17(23)8-10-18/h6-11H,5,12-14H2,1-4H3. The smallest absolute Gasteiger partial charge is 0.239 e. The minimum atomic E-state index is 0.0807. The molecule has 2 aromatic carbocycles. The first-order chi connectivity index (χ1) is 13.8. The van der Waals surface area contributed by atoms with Crippen molar-refractivity contribution in [2.24, 2.45) is 0 Å². The summed E-state index contributed by atoms with van der Waals surface area (Å²) in [5.41, 5.74) is 3.40. The number of anilines is 1. The van der Waals surface area contributed by atoms with Crippen molar-refractivity contribution < 1.29 is 4.79 Å². The molecule has 0 unspecified atom stereocenters. The number of thioether (sulfide) groups is 1. The molecule has 0 aliphatic carbocycles. The zero-order valence-corrected chi connectivity index (χ0v) is 19.6. The second kappa shape index (κ2) is 9.94. The number of nitrogens with zero attached hydrogens (tertiary/aromatic N) is 3. The van der Waals surface area contributed by atoms with Crippen LogP contribution in [0.2, 0.25) is 5.02 Å². The van der Waals surface area contributed by atoms with Crippen molar-refractivity contribution >= 4 is 56.0 Å². The van der Waals surface area contributed by atoms with Gasteiger partial charge in [0.15, 0.2) is 5.13 Å². The Morgan fingerprint density at radius 1 is 1.10 bits per heavy atom. The summed E-state index contributed by atoms with van der Waals surface area (Å²) < 4.78 is 1.12. The summed E-state index contributed by atoms with van der Waals surface area (Å²) in [4.78, 5) is 23.0. The lowest BCUT2D eigenvalue weighted by atomic mass is 10.1. The molecule has 0 saturated heterocycles. The molecule has 0 aliphatic rings. The average molecular weight is 448 g/mol. The normalized spacial score (nSPS) is 11.4. The van der Waals surface area contributed by atoms with Crippen LogP contribution in [-0.4, -0.2) is 48.7 Å². The zero-order chi connectivity index (χ0) is 21.0. The van der Waals surface area contributed by atoms with Crippen LogP contribution in [0.15, 0.2) is 41.3 Å². The van der Waals surface area contributed by atoms with Gasteiger partial charge in [0.2, 0.25) is 5.91 Å². The highest BCUT2D eigenvalue weighted by Crippen LogP contribution is 2.32. The quantitative estimate of drug-likeness (QED) is 0.418. The van der Waals surface area contributed by atoms with Crippen LogP contribution >= 0.6 is 34.7 Å². The van der Waals surface area contributed by atoms with Crippen LogP contribution in [0.1, 0.15) is 17.5 Å². The first-order valence-electron chi connectivity index (χ1n) is 9.55. The van der Waals surface area contributed by atoms with E-state index < -0.39 is 0 Å². The van der Waals surface area contributed by atoms with E-state index >= 15 is 0 Å². The highest BCUT2D eigenvalue weighted by atomic mass is 35.5. The lowest BCUT2D eigenvalue weighted by molar-refractivity contribution is -0.116. The fourth-order valence-electron chi connectivity index (χ4n) is 2.96. The summed E-state index contributed by atoms with van der Waals surface area (Å²) in [5.74, 6) is 0.453. The second-order valence-electron chi connectivity index (χ2n) is 7.30. The molecule has 4 nitrogen and oxygen atoms in total. The number of thiazole rings is 1. The molecule has 0 radical (unpaired) electrons. The number of hydrogen-bond acceptors (Lipinski definition) is 5. The predicted octanol–water partition coefficient (Wildman–Crippen LogP) is 5.64. The number of rotatable bonds is 8. The van der Waals surface area contributed by atoms with Gasteiger partial charge in [-0.25, -0.2) is 4.98 Å². The van der Waals surface area contributed by atoms with Crippen LogP contribution in [0.5, 0.6) is 0 Å². The van der Waals surface area contributed by atoms with E-state index in [0.29, 0.717) is 17.3 Å². The largest absolute Gasteiger partial charge is 0.309 e. The molecule has 3 aromatic rings. The topological polar surface area (TPSA) is 36.4 Å². The zero-order valence-electron chi connectivity index (χ0n) is 17.2. The number of aromatic nitrogens is 1. The summed E-state index contributed by atoms with van der Waals surface area (Å²) in [6.07, 6.45) is 0.901. The highest BCUT2D eigenvalue weighted by molar-refractivity contribution is 8.00. The molecule has 1 heterocycles. The Bertz CT molecular complexity index is 986. The van der Waals surface area contributed by atoms with Crippen molar-refractivity contribution in [3.63, 3.8) is 0 Å². The monoisotopic (exact) mass is 447 g/mol. The molecular formula is C22H26ClN3OS2.